The van der Waals surface area contributed by atoms with Gasteiger partial charge in [0.1, 0.15) is 0 Å². The minimum Gasteiger partial charge on any atom is -0.693 e. The average Bonchev–Trinajstić information content (AvgIpc) is 1.84. The molecule has 0 aliphatic heterocycles. The number of hydrogen-bond donors (Lipinski definition) is 4. The van der Waals surface area contributed by atoms with Crippen LogP contribution in [-0.2, 0) is 31.3 Å². The van der Waals surface area contributed by atoms with E-state index >= 15 is 0 Å². The molecule has 0 heterocycles. The molecule has 8 heteroatoms. The molecule has 0 saturated carbocycles. The largest absolute Gasteiger partial charge is 0.693 e. The number of aliphatic hydroxyl groups is 2. The summed E-state index contributed by atoms with van der Waals surface area (Å²) in [5, 5.41) is 32.5. The molecule has 70 valence electrons. The first-order chi connectivity index (χ1) is 4.46. The van der Waals surface area contributed by atoms with Gasteiger partial charge in [-0.3, -0.25) is 0 Å². The zero-order valence-electron chi connectivity index (χ0n) is 5.84. The number of nitrogens with two attached hydrogens (primary N) is 1. The van der Waals surface area contributed by atoms with Gasteiger partial charge in [0, 0.05) is 21.7 Å². The molecule has 0 aliphatic rings. The summed E-state index contributed by atoms with van der Waals surface area (Å²) in [7, 11) is 0. The van der Waals surface area contributed by atoms with Crippen LogP contribution in [-0.4, -0.2) is 44.6 Å². The Morgan fingerprint density at radius 1 is 0.917 bits per heavy atom. The molecule has 0 saturated heterocycles. The second-order valence-electron chi connectivity index (χ2n) is 1.57. The first-order valence-corrected chi connectivity index (χ1v) is 2.28. The van der Waals surface area contributed by atoms with Crippen LogP contribution in [0.15, 0.2) is 0 Å². The number of aliphatic hydroxyl groups excluding tert-OH is 2. The van der Waals surface area contributed by atoms with Crippen LogP contribution >= 0.6 is 0 Å². The third kappa shape index (κ3) is 5.22. The van der Waals surface area contributed by atoms with E-state index in [0.29, 0.717) is 0 Å². The van der Waals surface area contributed by atoms with Gasteiger partial charge in [0.15, 0.2) is 12.2 Å². The topological polar surface area (TPSA) is 149 Å². The molecule has 0 bridgehead atoms. The molecular weight excluding hydrogens is 206 g/mol. The second-order valence-corrected chi connectivity index (χ2v) is 1.57. The predicted molar refractivity (Wildman–Crippen MR) is 32.6 cm³/mol. The van der Waals surface area contributed by atoms with Crippen LogP contribution in [0.25, 0.3) is 6.15 Å². The Morgan fingerprint density at radius 2 is 1.08 bits per heavy atom. The van der Waals surface area contributed by atoms with E-state index < -0.39 is 24.1 Å². The molecule has 0 amide bonds. The average molecular weight is 214 g/mol. The number of carboxylic acid groups (broad SMARTS) is 2. The van der Waals surface area contributed by atoms with Gasteiger partial charge in [0.2, 0.25) is 0 Å². The van der Waals surface area contributed by atoms with E-state index in [0.717, 1.165) is 0 Å². The smallest absolute Gasteiger partial charge is 0.335 e. The summed E-state index contributed by atoms with van der Waals surface area (Å²) in [6.45, 7) is 0. The molecule has 2 atom stereocenters. The Bertz CT molecular complexity index is 144. The Kier molecular flexibility index (Phi) is 10.5. The standard InChI is InChI=1S/C4H6O6.H2N.Ti/c5-1(3(7)8)2(6)4(9)10;;/h1-2,5-6H,(H,7,8)(H,9,10);1H2;/q;-1;. The van der Waals surface area contributed by atoms with E-state index in [1.54, 1.807) is 0 Å². The fourth-order valence-corrected chi connectivity index (χ4v) is 0.270. The minimum atomic E-state index is -2.27. The van der Waals surface area contributed by atoms with E-state index in [-0.39, 0.29) is 27.9 Å². The molecule has 6 N–H and O–H groups in total. The monoisotopic (exact) mass is 214 g/mol. The van der Waals surface area contributed by atoms with Gasteiger partial charge in [-0.05, 0) is 0 Å². The zero-order chi connectivity index (χ0) is 8.31. The quantitative estimate of drug-likeness (QED) is 0.424. The van der Waals surface area contributed by atoms with E-state index in [4.69, 9.17) is 20.4 Å². The van der Waals surface area contributed by atoms with Gasteiger partial charge in [0.05, 0.1) is 0 Å². The molecule has 7 nitrogen and oxygen atoms in total. The molecule has 0 rings (SSSR count). The summed E-state index contributed by atoms with van der Waals surface area (Å²) in [4.78, 5) is 19.5. The van der Waals surface area contributed by atoms with Gasteiger partial charge in [-0.1, -0.05) is 0 Å². The molecular formula is C4H8NO6Ti-. The number of carbonyl (C=O) groups is 2. The van der Waals surface area contributed by atoms with Gasteiger partial charge in [-0.2, -0.15) is 0 Å². The maximum absolute atomic E-state index is 9.77. The summed E-state index contributed by atoms with van der Waals surface area (Å²) < 4.78 is 0. The molecule has 2 unspecified atom stereocenters. The molecule has 0 radical (unpaired) electrons. The fraction of sp³-hybridized carbons (Fsp3) is 0.500. The Labute approximate surface area is 82.5 Å². The van der Waals surface area contributed by atoms with E-state index in [2.05, 4.69) is 0 Å². The zero-order valence-corrected chi connectivity index (χ0v) is 7.40. The maximum atomic E-state index is 9.77. The number of rotatable bonds is 3. The van der Waals surface area contributed by atoms with Gasteiger partial charge >= 0.3 is 11.9 Å². The first kappa shape index (κ1) is 17.6. The third-order valence-electron chi connectivity index (χ3n) is 0.805. The van der Waals surface area contributed by atoms with Crippen molar-refractivity contribution in [1.82, 2.24) is 0 Å². The van der Waals surface area contributed by atoms with E-state index in [1.807, 2.05) is 0 Å². The summed E-state index contributed by atoms with van der Waals surface area (Å²) in [6.07, 6.45) is -4.53. The molecule has 0 spiro atoms. The third-order valence-corrected chi connectivity index (χ3v) is 0.805. The van der Waals surface area contributed by atoms with Crippen LogP contribution in [0.3, 0.4) is 0 Å². The van der Waals surface area contributed by atoms with E-state index in [1.165, 1.54) is 0 Å². The van der Waals surface area contributed by atoms with Crippen molar-refractivity contribution in [2.75, 3.05) is 0 Å². The Hall–Kier alpha value is -0.466. The number of carboxylic acids is 2. The van der Waals surface area contributed by atoms with Gasteiger partial charge in [-0.25, -0.2) is 9.59 Å². The van der Waals surface area contributed by atoms with Crippen molar-refractivity contribution in [3.05, 3.63) is 6.15 Å². The van der Waals surface area contributed by atoms with Crippen molar-refractivity contribution in [3.8, 4) is 0 Å². The van der Waals surface area contributed by atoms with Crippen LogP contribution in [0.2, 0.25) is 0 Å². The second kappa shape index (κ2) is 7.20. The van der Waals surface area contributed by atoms with Crippen molar-refractivity contribution >= 4 is 11.9 Å². The number of aliphatic carboxylic acids is 2. The van der Waals surface area contributed by atoms with Crippen LogP contribution in [0.5, 0.6) is 0 Å². The van der Waals surface area contributed by atoms with Crippen LogP contribution < -0.4 is 0 Å². The molecule has 12 heavy (non-hydrogen) atoms. The van der Waals surface area contributed by atoms with Crippen molar-refractivity contribution in [3.63, 3.8) is 0 Å². The Balaban J connectivity index is -0.000000405. The van der Waals surface area contributed by atoms with Crippen LogP contribution in [0.1, 0.15) is 0 Å². The molecule has 0 aromatic heterocycles. The Morgan fingerprint density at radius 3 is 1.17 bits per heavy atom. The molecule has 0 fully saturated rings. The maximum Gasteiger partial charge on any atom is 0.335 e. The van der Waals surface area contributed by atoms with Gasteiger partial charge in [0.25, 0.3) is 0 Å². The normalized spacial score (nSPS) is 13.2. The summed E-state index contributed by atoms with van der Waals surface area (Å²) in [5.74, 6) is -3.54. The number of hydrogen-bond acceptors (Lipinski definition) is 4. The molecule has 0 aromatic rings. The van der Waals surface area contributed by atoms with Crippen molar-refractivity contribution < 1.29 is 51.7 Å². The van der Waals surface area contributed by atoms with Crippen molar-refractivity contribution in [2.45, 2.75) is 12.2 Å². The van der Waals surface area contributed by atoms with Crippen molar-refractivity contribution in [2.24, 2.45) is 0 Å². The summed E-state index contributed by atoms with van der Waals surface area (Å²) in [5.41, 5.74) is 0. The van der Waals surface area contributed by atoms with Crippen molar-refractivity contribution in [1.29, 1.82) is 0 Å². The van der Waals surface area contributed by atoms with Gasteiger partial charge in [-0.15, -0.1) is 0 Å². The predicted octanol–water partition coefficient (Wildman–Crippen LogP) is -1.41. The summed E-state index contributed by atoms with van der Waals surface area (Å²) in [6, 6.07) is 0. The molecule has 0 aromatic carbocycles. The van der Waals surface area contributed by atoms with Crippen LogP contribution in [0.4, 0.5) is 0 Å². The SMILES string of the molecule is O=C(O)C(O)C(O)C(=O)O.[NH2-].[Ti]. The first-order valence-electron chi connectivity index (χ1n) is 2.28. The van der Waals surface area contributed by atoms with Crippen LogP contribution in [0, 0.1) is 0 Å². The van der Waals surface area contributed by atoms with E-state index in [9.17, 15) is 9.59 Å². The minimum absolute atomic E-state index is 0. The van der Waals surface area contributed by atoms with Gasteiger partial charge < -0.3 is 26.6 Å². The summed E-state index contributed by atoms with van der Waals surface area (Å²) >= 11 is 0. The fourth-order valence-electron chi connectivity index (χ4n) is 0.270. The molecule has 0 aliphatic carbocycles.